The minimum absolute atomic E-state index is 0.254. The van der Waals surface area contributed by atoms with E-state index < -0.39 is 0 Å². The average Bonchev–Trinajstić information content (AvgIpc) is 2.68. The van der Waals surface area contributed by atoms with Gasteiger partial charge in [-0.15, -0.1) is 11.3 Å². The molecule has 0 saturated heterocycles. The fourth-order valence-electron chi connectivity index (χ4n) is 1.44. The molecular formula is C14H17NO2S. The number of ether oxygens (including phenoxy) is 1. The van der Waals surface area contributed by atoms with Gasteiger partial charge in [-0.05, 0) is 18.2 Å². The van der Waals surface area contributed by atoms with E-state index in [2.05, 4.69) is 4.98 Å². The summed E-state index contributed by atoms with van der Waals surface area (Å²) >= 11 is 1.54. The van der Waals surface area contributed by atoms with Crippen molar-refractivity contribution in [3.63, 3.8) is 0 Å². The van der Waals surface area contributed by atoms with Crippen LogP contribution >= 0.6 is 11.3 Å². The van der Waals surface area contributed by atoms with Crippen molar-refractivity contribution in [2.75, 3.05) is 7.11 Å². The maximum Gasteiger partial charge on any atom is 0.120 e. The van der Waals surface area contributed by atoms with E-state index in [4.69, 9.17) is 4.74 Å². The highest BCUT2D eigenvalue weighted by molar-refractivity contribution is 7.19. The Morgan fingerprint density at radius 3 is 2.72 bits per heavy atom. The van der Waals surface area contributed by atoms with Crippen LogP contribution < -0.4 is 4.74 Å². The summed E-state index contributed by atoms with van der Waals surface area (Å²) in [5.74, 6) is 1.16. The highest BCUT2D eigenvalue weighted by atomic mass is 32.1. The first-order chi connectivity index (χ1) is 8.40. The number of allylic oxidation sites excluding steroid dienone is 1. The second-order valence-corrected chi connectivity index (χ2v) is 6.23. The van der Waals surface area contributed by atoms with E-state index in [1.54, 1.807) is 24.5 Å². The first-order valence-corrected chi connectivity index (χ1v) is 6.57. The first kappa shape index (κ1) is 12.9. The van der Waals surface area contributed by atoms with Gasteiger partial charge in [0.1, 0.15) is 16.5 Å². The molecule has 2 aromatic rings. The third-order valence-corrected chi connectivity index (χ3v) is 3.61. The van der Waals surface area contributed by atoms with Gasteiger partial charge in [-0.3, -0.25) is 0 Å². The van der Waals surface area contributed by atoms with Crippen molar-refractivity contribution in [3.05, 3.63) is 29.0 Å². The molecule has 4 heteroatoms. The number of rotatable bonds is 2. The van der Waals surface area contributed by atoms with E-state index in [-0.39, 0.29) is 5.41 Å². The predicted molar refractivity (Wildman–Crippen MR) is 76.2 cm³/mol. The molecule has 0 saturated carbocycles. The second kappa shape index (κ2) is 4.61. The van der Waals surface area contributed by atoms with Gasteiger partial charge < -0.3 is 9.84 Å². The molecule has 2 rings (SSSR count). The monoisotopic (exact) mass is 263 g/mol. The molecule has 1 aromatic heterocycles. The Hall–Kier alpha value is -1.55. The van der Waals surface area contributed by atoms with Crippen molar-refractivity contribution in [1.29, 1.82) is 0 Å². The molecule has 96 valence electrons. The van der Waals surface area contributed by atoms with Crippen LogP contribution in [-0.4, -0.2) is 17.2 Å². The molecule has 0 spiro atoms. The van der Waals surface area contributed by atoms with Gasteiger partial charge in [0.25, 0.3) is 0 Å². The Morgan fingerprint density at radius 1 is 1.39 bits per heavy atom. The zero-order valence-electron chi connectivity index (χ0n) is 11.0. The third-order valence-electron chi connectivity index (χ3n) is 2.64. The molecule has 0 fully saturated rings. The SMILES string of the molecule is COc1ccc2nc(C=C(O)C(C)(C)C)sc2c1. The van der Waals surface area contributed by atoms with Crippen molar-refractivity contribution in [2.24, 2.45) is 5.41 Å². The number of thiazole rings is 1. The molecule has 0 unspecified atom stereocenters. The Kier molecular flexibility index (Phi) is 3.30. The molecule has 1 heterocycles. The molecule has 0 aliphatic rings. The molecule has 18 heavy (non-hydrogen) atoms. The number of benzene rings is 1. The standard InChI is InChI=1S/C14H17NO2S/c1-14(2,3)12(16)8-13-15-10-6-5-9(17-4)7-11(10)18-13/h5-8,16H,1-4H3. The first-order valence-electron chi connectivity index (χ1n) is 5.76. The lowest BCUT2D eigenvalue weighted by Crippen LogP contribution is -2.08. The zero-order chi connectivity index (χ0) is 13.3. The maximum atomic E-state index is 9.97. The summed E-state index contributed by atoms with van der Waals surface area (Å²) in [6, 6.07) is 5.77. The minimum atomic E-state index is -0.254. The number of nitrogens with zero attached hydrogens (tertiary/aromatic N) is 1. The summed E-state index contributed by atoms with van der Waals surface area (Å²) in [6.07, 6.45) is 1.73. The van der Waals surface area contributed by atoms with Gasteiger partial charge in [-0.2, -0.15) is 0 Å². The predicted octanol–water partition coefficient (Wildman–Crippen LogP) is 4.25. The normalized spacial score (nSPS) is 13.0. The van der Waals surface area contributed by atoms with E-state index in [0.29, 0.717) is 5.76 Å². The average molecular weight is 263 g/mol. The smallest absolute Gasteiger partial charge is 0.120 e. The summed E-state index contributed by atoms with van der Waals surface area (Å²) in [7, 11) is 1.65. The van der Waals surface area contributed by atoms with Crippen LogP contribution in [0.1, 0.15) is 25.8 Å². The summed E-state index contributed by atoms with van der Waals surface area (Å²) < 4.78 is 6.24. The topological polar surface area (TPSA) is 42.4 Å². The molecule has 1 aromatic carbocycles. The third kappa shape index (κ3) is 2.64. The highest BCUT2D eigenvalue weighted by Gasteiger charge is 2.16. The lowest BCUT2D eigenvalue weighted by molar-refractivity contribution is 0.282. The van der Waals surface area contributed by atoms with E-state index in [1.807, 2.05) is 39.0 Å². The fraction of sp³-hybridized carbons (Fsp3) is 0.357. The molecule has 0 radical (unpaired) electrons. The van der Waals surface area contributed by atoms with Crippen LogP contribution in [0.25, 0.3) is 16.3 Å². The van der Waals surface area contributed by atoms with Crippen LogP contribution in [0.5, 0.6) is 5.75 Å². The van der Waals surface area contributed by atoms with Crippen LogP contribution in [0.3, 0.4) is 0 Å². The number of fused-ring (bicyclic) bond motifs is 1. The van der Waals surface area contributed by atoms with Gasteiger partial charge in [-0.25, -0.2) is 4.98 Å². The largest absolute Gasteiger partial charge is 0.512 e. The molecule has 3 nitrogen and oxygen atoms in total. The number of methoxy groups -OCH3 is 1. The maximum absolute atomic E-state index is 9.97. The van der Waals surface area contributed by atoms with Crippen LogP contribution in [0.4, 0.5) is 0 Å². The number of hydrogen-bond donors (Lipinski definition) is 1. The van der Waals surface area contributed by atoms with Gasteiger partial charge >= 0.3 is 0 Å². The van der Waals surface area contributed by atoms with E-state index >= 15 is 0 Å². The Labute approximate surface area is 111 Å². The van der Waals surface area contributed by atoms with E-state index in [1.165, 1.54) is 0 Å². The van der Waals surface area contributed by atoms with Crippen LogP contribution in [0.15, 0.2) is 24.0 Å². The van der Waals surface area contributed by atoms with Crippen LogP contribution in [-0.2, 0) is 0 Å². The van der Waals surface area contributed by atoms with Crippen molar-refractivity contribution in [3.8, 4) is 5.75 Å². The molecule has 0 amide bonds. The molecule has 1 N–H and O–H groups in total. The van der Waals surface area contributed by atoms with Crippen molar-refractivity contribution in [1.82, 2.24) is 4.98 Å². The van der Waals surface area contributed by atoms with Gasteiger partial charge in [-0.1, -0.05) is 20.8 Å². The van der Waals surface area contributed by atoms with Gasteiger partial charge in [0.05, 0.1) is 17.3 Å². The van der Waals surface area contributed by atoms with Crippen molar-refractivity contribution < 1.29 is 9.84 Å². The van der Waals surface area contributed by atoms with Gasteiger partial charge in [0.2, 0.25) is 0 Å². The second-order valence-electron chi connectivity index (χ2n) is 5.17. The Morgan fingerprint density at radius 2 is 2.11 bits per heavy atom. The van der Waals surface area contributed by atoms with Crippen LogP contribution in [0, 0.1) is 5.41 Å². The van der Waals surface area contributed by atoms with Crippen molar-refractivity contribution >= 4 is 27.6 Å². The molecule has 0 aliphatic heterocycles. The van der Waals surface area contributed by atoms with Gasteiger partial charge in [0.15, 0.2) is 0 Å². The van der Waals surface area contributed by atoms with Gasteiger partial charge in [0, 0.05) is 11.5 Å². The lowest BCUT2D eigenvalue weighted by Gasteiger charge is -2.16. The summed E-state index contributed by atoms with van der Waals surface area (Å²) in [4.78, 5) is 4.47. The van der Waals surface area contributed by atoms with Crippen LogP contribution in [0.2, 0.25) is 0 Å². The number of aromatic nitrogens is 1. The summed E-state index contributed by atoms with van der Waals surface area (Å²) in [5, 5.41) is 10.8. The Balaban J connectivity index is 2.42. The molecule has 0 aliphatic carbocycles. The minimum Gasteiger partial charge on any atom is -0.512 e. The Bertz CT molecular complexity index is 593. The zero-order valence-corrected chi connectivity index (χ0v) is 11.8. The fourth-order valence-corrected chi connectivity index (χ4v) is 2.38. The van der Waals surface area contributed by atoms with Crippen molar-refractivity contribution in [2.45, 2.75) is 20.8 Å². The molecule has 0 bridgehead atoms. The number of aliphatic hydroxyl groups is 1. The number of hydrogen-bond acceptors (Lipinski definition) is 4. The summed E-state index contributed by atoms with van der Waals surface area (Å²) in [6.45, 7) is 5.90. The molecule has 0 atom stereocenters. The molecular weight excluding hydrogens is 246 g/mol. The van der Waals surface area contributed by atoms with E-state index in [0.717, 1.165) is 21.0 Å². The lowest BCUT2D eigenvalue weighted by atomic mass is 9.94. The highest BCUT2D eigenvalue weighted by Crippen LogP contribution is 2.30. The quantitative estimate of drug-likeness (QED) is 0.824. The summed E-state index contributed by atoms with van der Waals surface area (Å²) in [5.41, 5.74) is 0.670. The van der Waals surface area contributed by atoms with E-state index in [9.17, 15) is 5.11 Å². The number of aliphatic hydroxyl groups excluding tert-OH is 1.